The molecule has 0 spiro atoms. The quantitative estimate of drug-likeness (QED) is 0.737. The first-order valence-electron chi connectivity index (χ1n) is 7.72. The molecule has 1 aromatic carbocycles. The molecule has 0 amide bonds. The molecular weight excluding hydrogens is 276 g/mol. The van der Waals surface area contributed by atoms with Gasteiger partial charge in [0.05, 0.1) is 11.1 Å². The minimum Gasteiger partial charge on any atom is -0.454 e. The van der Waals surface area contributed by atoms with E-state index in [0.717, 1.165) is 36.2 Å². The van der Waals surface area contributed by atoms with Gasteiger partial charge >= 0.3 is 0 Å². The van der Waals surface area contributed by atoms with Crippen molar-refractivity contribution in [1.82, 2.24) is 9.78 Å². The van der Waals surface area contributed by atoms with Crippen molar-refractivity contribution < 1.29 is 4.42 Å². The first-order valence-corrected chi connectivity index (χ1v) is 7.72. The van der Waals surface area contributed by atoms with Crippen molar-refractivity contribution in [2.24, 2.45) is 7.05 Å². The van der Waals surface area contributed by atoms with Gasteiger partial charge in [0.2, 0.25) is 0 Å². The third kappa shape index (κ3) is 2.56. The van der Waals surface area contributed by atoms with E-state index < -0.39 is 0 Å². The zero-order valence-electron chi connectivity index (χ0n) is 13.2. The average Bonchev–Trinajstić information content (AvgIpc) is 2.88. The Bertz CT molecular complexity index is 874. The molecule has 2 heterocycles. The topological polar surface area (TPSA) is 48.0 Å². The van der Waals surface area contributed by atoms with Gasteiger partial charge in [-0.1, -0.05) is 26.3 Å². The van der Waals surface area contributed by atoms with Gasteiger partial charge in [-0.25, -0.2) is 0 Å². The lowest BCUT2D eigenvalue weighted by Crippen LogP contribution is -2.03. The minimum absolute atomic E-state index is 0.00945. The molecule has 0 aliphatic heterocycles. The molecule has 22 heavy (non-hydrogen) atoms. The molecule has 0 radical (unpaired) electrons. The molecule has 0 N–H and O–H groups in total. The predicted molar refractivity (Wildman–Crippen MR) is 88.1 cm³/mol. The third-order valence-corrected chi connectivity index (χ3v) is 3.89. The van der Waals surface area contributed by atoms with Gasteiger partial charge in [0.1, 0.15) is 11.3 Å². The van der Waals surface area contributed by atoms with Gasteiger partial charge in [-0.3, -0.25) is 9.48 Å². The van der Waals surface area contributed by atoms with E-state index in [4.69, 9.17) is 4.42 Å². The van der Waals surface area contributed by atoms with E-state index in [1.165, 1.54) is 0 Å². The summed E-state index contributed by atoms with van der Waals surface area (Å²) in [7, 11) is 1.87. The van der Waals surface area contributed by atoms with E-state index in [1.807, 2.05) is 31.3 Å². The number of hydrogen-bond acceptors (Lipinski definition) is 3. The van der Waals surface area contributed by atoms with E-state index in [2.05, 4.69) is 18.9 Å². The fraction of sp³-hybridized carbons (Fsp3) is 0.333. The first kappa shape index (κ1) is 14.6. The van der Waals surface area contributed by atoms with Crippen LogP contribution in [0.4, 0.5) is 0 Å². The molecule has 0 bridgehead atoms. The molecule has 2 aromatic heterocycles. The molecule has 4 heteroatoms. The summed E-state index contributed by atoms with van der Waals surface area (Å²) in [5.41, 5.74) is 3.60. The maximum Gasteiger partial charge on any atom is 0.193 e. The normalized spacial score (nSPS) is 11.2. The highest BCUT2D eigenvalue weighted by atomic mass is 16.3. The highest BCUT2D eigenvalue weighted by Gasteiger charge is 2.12. The molecule has 0 aliphatic carbocycles. The first-order chi connectivity index (χ1) is 10.6. The second-order valence-electron chi connectivity index (χ2n) is 5.55. The zero-order chi connectivity index (χ0) is 15.7. The van der Waals surface area contributed by atoms with Gasteiger partial charge in [-0.05, 0) is 36.6 Å². The van der Waals surface area contributed by atoms with Gasteiger partial charge in [-0.2, -0.15) is 5.10 Å². The summed E-state index contributed by atoms with van der Waals surface area (Å²) in [6, 6.07) is 9.35. The minimum atomic E-state index is -0.00945. The monoisotopic (exact) mass is 296 g/mol. The van der Waals surface area contributed by atoms with Crippen LogP contribution in [0.2, 0.25) is 0 Å². The predicted octanol–water partition coefficient (Wildman–Crippen LogP) is 3.71. The van der Waals surface area contributed by atoms with E-state index in [-0.39, 0.29) is 5.43 Å². The number of fused-ring (bicyclic) bond motifs is 1. The molecule has 3 aromatic rings. The van der Waals surface area contributed by atoms with Crippen molar-refractivity contribution in [2.75, 3.05) is 0 Å². The Morgan fingerprint density at radius 2 is 2.00 bits per heavy atom. The van der Waals surface area contributed by atoms with Crippen LogP contribution in [0, 0.1) is 0 Å². The molecule has 4 nitrogen and oxygen atoms in total. The van der Waals surface area contributed by atoms with E-state index in [1.54, 1.807) is 10.7 Å². The van der Waals surface area contributed by atoms with E-state index in [9.17, 15) is 4.79 Å². The Balaban J connectivity index is 2.14. The Morgan fingerprint density at radius 1 is 1.18 bits per heavy atom. The van der Waals surface area contributed by atoms with Gasteiger partial charge in [0.25, 0.3) is 0 Å². The maximum atomic E-state index is 12.4. The molecule has 0 unspecified atom stereocenters. The summed E-state index contributed by atoms with van der Waals surface area (Å²) < 4.78 is 7.71. The number of benzene rings is 1. The second kappa shape index (κ2) is 5.79. The standard InChI is InChI=1S/C18H20N2O2/c1-4-6-13-10-15(20(3)19-13)18-11-16(21)14-9-12(5-2)7-8-17(14)22-18/h7-11H,4-6H2,1-3H3. The summed E-state index contributed by atoms with van der Waals surface area (Å²) >= 11 is 0. The molecule has 114 valence electrons. The Morgan fingerprint density at radius 3 is 2.73 bits per heavy atom. The van der Waals surface area contributed by atoms with Crippen molar-refractivity contribution in [3.8, 4) is 11.5 Å². The van der Waals surface area contributed by atoms with Crippen LogP contribution in [0.3, 0.4) is 0 Å². The van der Waals surface area contributed by atoms with Crippen LogP contribution >= 0.6 is 0 Å². The van der Waals surface area contributed by atoms with E-state index >= 15 is 0 Å². The summed E-state index contributed by atoms with van der Waals surface area (Å²) in [6.45, 7) is 4.19. The summed E-state index contributed by atoms with van der Waals surface area (Å²) in [4.78, 5) is 12.4. The molecule has 3 rings (SSSR count). The lowest BCUT2D eigenvalue weighted by Gasteiger charge is -2.04. The smallest absolute Gasteiger partial charge is 0.193 e. The lowest BCUT2D eigenvalue weighted by atomic mass is 10.1. The Kier molecular flexibility index (Phi) is 3.84. The Hall–Kier alpha value is -2.36. The lowest BCUT2D eigenvalue weighted by molar-refractivity contribution is 0.605. The number of aromatic nitrogens is 2. The van der Waals surface area contributed by atoms with Crippen molar-refractivity contribution >= 4 is 11.0 Å². The van der Waals surface area contributed by atoms with Gasteiger partial charge < -0.3 is 4.42 Å². The molecule has 0 fully saturated rings. The van der Waals surface area contributed by atoms with Gasteiger partial charge in [0.15, 0.2) is 11.2 Å². The van der Waals surface area contributed by atoms with Gasteiger partial charge in [-0.15, -0.1) is 0 Å². The fourth-order valence-corrected chi connectivity index (χ4v) is 2.69. The van der Waals surface area contributed by atoms with Crippen molar-refractivity contribution in [2.45, 2.75) is 33.1 Å². The van der Waals surface area contributed by atoms with Crippen LogP contribution in [-0.4, -0.2) is 9.78 Å². The molecule has 0 aliphatic rings. The molecular formula is C18H20N2O2. The van der Waals surface area contributed by atoms with Crippen LogP contribution in [0.15, 0.2) is 39.5 Å². The SMILES string of the molecule is CCCc1cc(-c2cc(=O)c3cc(CC)ccc3o2)n(C)n1. The number of aryl methyl sites for hydroxylation is 3. The highest BCUT2D eigenvalue weighted by molar-refractivity contribution is 5.79. The third-order valence-electron chi connectivity index (χ3n) is 3.89. The van der Waals surface area contributed by atoms with Crippen molar-refractivity contribution in [3.05, 3.63) is 51.8 Å². The fourth-order valence-electron chi connectivity index (χ4n) is 2.69. The van der Waals surface area contributed by atoms with Crippen LogP contribution < -0.4 is 5.43 Å². The number of hydrogen-bond donors (Lipinski definition) is 0. The molecule has 0 saturated heterocycles. The molecule has 0 saturated carbocycles. The highest BCUT2D eigenvalue weighted by Crippen LogP contribution is 2.23. The summed E-state index contributed by atoms with van der Waals surface area (Å²) in [5.74, 6) is 0.569. The maximum absolute atomic E-state index is 12.4. The summed E-state index contributed by atoms with van der Waals surface area (Å²) in [5, 5.41) is 5.11. The second-order valence-corrected chi connectivity index (χ2v) is 5.55. The van der Waals surface area contributed by atoms with Crippen LogP contribution in [0.25, 0.3) is 22.4 Å². The summed E-state index contributed by atoms with van der Waals surface area (Å²) in [6.07, 6.45) is 2.86. The zero-order valence-corrected chi connectivity index (χ0v) is 13.2. The van der Waals surface area contributed by atoms with Crippen LogP contribution in [0.5, 0.6) is 0 Å². The number of rotatable bonds is 4. The number of nitrogens with zero attached hydrogens (tertiary/aromatic N) is 2. The average molecular weight is 296 g/mol. The van der Waals surface area contributed by atoms with Crippen molar-refractivity contribution in [1.29, 1.82) is 0 Å². The van der Waals surface area contributed by atoms with Gasteiger partial charge in [0, 0.05) is 13.1 Å². The Labute approximate surface area is 129 Å². The largest absolute Gasteiger partial charge is 0.454 e. The molecule has 0 atom stereocenters. The van der Waals surface area contributed by atoms with E-state index in [0.29, 0.717) is 16.7 Å². The van der Waals surface area contributed by atoms with Crippen LogP contribution in [-0.2, 0) is 19.9 Å². The van der Waals surface area contributed by atoms with Crippen molar-refractivity contribution in [3.63, 3.8) is 0 Å². The van der Waals surface area contributed by atoms with Crippen LogP contribution in [0.1, 0.15) is 31.5 Å².